The molecule has 0 spiro atoms. The highest BCUT2D eigenvalue weighted by atomic mass is 16.5. The molecule has 12 nitrogen and oxygen atoms in total. The van der Waals surface area contributed by atoms with Crippen LogP contribution in [-0.2, 0) is 0 Å². The van der Waals surface area contributed by atoms with Crippen LogP contribution < -0.4 is 39.1 Å². The first-order chi connectivity index (χ1) is 28.2. The van der Waals surface area contributed by atoms with Gasteiger partial charge in [0, 0.05) is 37.0 Å². The molecule has 2 amide bonds. The SMILES string of the molecule is C=CC1Nc2cc(OCCCOc3cc4c(cc3OC)C(=O)N3C=C(c5ccc(OC)cc5)CC3C(C)N4)c(OC)cc2C(=O)N2C=C(c3ccc(OC)cc3)CC12. The first kappa shape index (κ1) is 38.3. The molecule has 0 fully saturated rings. The van der Waals surface area contributed by atoms with Gasteiger partial charge in [0.25, 0.3) is 11.8 Å². The van der Waals surface area contributed by atoms with Gasteiger partial charge in [-0.25, -0.2) is 0 Å². The summed E-state index contributed by atoms with van der Waals surface area (Å²) in [5.41, 5.74) is 6.60. The van der Waals surface area contributed by atoms with Crippen LogP contribution in [0.5, 0.6) is 34.5 Å². The Bertz CT molecular complexity index is 2290. The number of ether oxygens (including phenoxy) is 6. The third kappa shape index (κ3) is 7.14. The average molecular weight is 785 g/mol. The van der Waals surface area contributed by atoms with Crippen molar-refractivity contribution >= 4 is 34.3 Å². The van der Waals surface area contributed by atoms with E-state index in [1.54, 1.807) is 45.5 Å². The first-order valence-electron chi connectivity index (χ1n) is 19.4. The Kier molecular flexibility index (Phi) is 10.7. The highest BCUT2D eigenvalue weighted by Crippen LogP contribution is 2.43. The van der Waals surface area contributed by atoms with Gasteiger partial charge < -0.3 is 48.9 Å². The van der Waals surface area contributed by atoms with E-state index in [0.29, 0.717) is 71.6 Å². The van der Waals surface area contributed by atoms with E-state index in [1.807, 2.05) is 84.0 Å². The van der Waals surface area contributed by atoms with Crippen molar-refractivity contribution in [3.8, 4) is 34.5 Å². The summed E-state index contributed by atoms with van der Waals surface area (Å²) in [5, 5.41) is 7.11. The largest absolute Gasteiger partial charge is 0.497 e. The minimum atomic E-state index is -0.208. The predicted molar refractivity (Wildman–Crippen MR) is 223 cm³/mol. The topological polar surface area (TPSA) is 120 Å². The maximum absolute atomic E-state index is 14.0. The number of anilines is 2. The summed E-state index contributed by atoms with van der Waals surface area (Å²) in [4.78, 5) is 31.6. The Hall–Kier alpha value is -6.56. The maximum Gasteiger partial charge on any atom is 0.260 e. The van der Waals surface area contributed by atoms with Crippen LogP contribution in [0.1, 0.15) is 58.0 Å². The monoisotopic (exact) mass is 784 g/mol. The molecule has 12 heteroatoms. The van der Waals surface area contributed by atoms with Crippen LogP contribution in [-0.4, -0.2) is 87.4 Å². The van der Waals surface area contributed by atoms with Gasteiger partial charge in [-0.2, -0.15) is 0 Å². The Morgan fingerprint density at radius 2 is 1.10 bits per heavy atom. The molecule has 4 aliphatic heterocycles. The first-order valence-corrected chi connectivity index (χ1v) is 19.4. The van der Waals surface area contributed by atoms with Gasteiger partial charge >= 0.3 is 0 Å². The normalized spacial score (nSPS) is 20.4. The second-order valence-corrected chi connectivity index (χ2v) is 14.7. The fraction of sp³-hybridized carbons (Fsp3) is 0.304. The Labute approximate surface area is 338 Å². The number of fused-ring (bicyclic) bond motifs is 4. The number of amides is 2. The van der Waals surface area contributed by atoms with E-state index < -0.39 is 0 Å². The number of nitrogens with one attached hydrogen (secondary N) is 2. The van der Waals surface area contributed by atoms with Crippen LogP contribution in [0.15, 0.2) is 97.9 Å². The summed E-state index contributed by atoms with van der Waals surface area (Å²) < 4.78 is 34.5. The van der Waals surface area contributed by atoms with Crippen molar-refractivity contribution in [1.82, 2.24) is 9.80 Å². The van der Waals surface area contributed by atoms with Gasteiger partial charge in [0.05, 0.1) is 82.3 Å². The number of rotatable bonds is 13. The van der Waals surface area contributed by atoms with Crippen molar-refractivity contribution in [2.24, 2.45) is 0 Å². The zero-order valence-corrected chi connectivity index (χ0v) is 33.4. The van der Waals surface area contributed by atoms with Crippen molar-refractivity contribution in [3.05, 3.63) is 120 Å². The second kappa shape index (κ2) is 16.1. The Morgan fingerprint density at radius 1 is 0.638 bits per heavy atom. The van der Waals surface area contributed by atoms with Crippen molar-refractivity contribution in [2.45, 2.75) is 50.4 Å². The highest BCUT2D eigenvalue weighted by molar-refractivity contribution is 6.04. The van der Waals surface area contributed by atoms with Gasteiger partial charge in [-0.05, 0) is 78.4 Å². The highest BCUT2D eigenvalue weighted by Gasteiger charge is 2.40. The van der Waals surface area contributed by atoms with E-state index in [0.717, 1.165) is 40.2 Å². The number of hydrogen-bond donors (Lipinski definition) is 2. The molecular formula is C46H48N4O8. The minimum absolute atomic E-state index is 0.0284. The smallest absolute Gasteiger partial charge is 0.260 e. The Balaban J connectivity index is 0.930. The molecule has 300 valence electrons. The Morgan fingerprint density at radius 3 is 1.57 bits per heavy atom. The molecule has 0 saturated heterocycles. The summed E-state index contributed by atoms with van der Waals surface area (Å²) in [6.45, 7) is 6.82. The molecule has 4 aromatic carbocycles. The van der Waals surface area contributed by atoms with Gasteiger partial charge in [0.2, 0.25) is 0 Å². The average Bonchev–Trinajstić information content (AvgIpc) is 3.87. The summed E-state index contributed by atoms with van der Waals surface area (Å²) in [6, 6.07) is 22.5. The molecular weight excluding hydrogens is 737 g/mol. The lowest BCUT2D eigenvalue weighted by atomic mass is 9.98. The molecule has 58 heavy (non-hydrogen) atoms. The molecule has 0 aliphatic carbocycles. The molecule has 4 aliphatic rings. The van der Waals surface area contributed by atoms with E-state index in [-0.39, 0.29) is 36.0 Å². The van der Waals surface area contributed by atoms with E-state index >= 15 is 0 Å². The summed E-state index contributed by atoms with van der Waals surface area (Å²) >= 11 is 0. The van der Waals surface area contributed by atoms with Crippen molar-refractivity contribution in [1.29, 1.82) is 0 Å². The van der Waals surface area contributed by atoms with E-state index in [1.165, 1.54) is 0 Å². The summed E-state index contributed by atoms with van der Waals surface area (Å²) in [7, 11) is 6.41. The lowest BCUT2D eigenvalue weighted by Crippen LogP contribution is -2.41. The minimum Gasteiger partial charge on any atom is -0.497 e. The van der Waals surface area contributed by atoms with Crippen LogP contribution >= 0.6 is 0 Å². The molecule has 2 N–H and O–H groups in total. The molecule has 8 rings (SSSR count). The third-order valence-electron chi connectivity index (χ3n) is 11.4. The van der Waals surface area contributed by atoms with Crippen molar-refractivity contribution < 1.29 is 38.0 Å². The van der Waals surface area contributed by atoms with Crippen LogP contribution in [0.3, 0.4) is 0 Å². The number of methoxy groups -OCH3 is 4. The zero-order chi connectivity index (χ0) is 40.5. The molecule has 4 atom stereocenters. The van der Waals surface area contributed by atoms with E-state index in [2.05, 4.69) is 24.1 Å². The zero-order valence-electron chi connectivity index (χ0n) is 33.4. The van der Waals surface area contributed by atoms with Crippen molar-refractivity contribution in [3.63, 3.8) is 0 Å². The number of benzene rings is 4. The van der Waals surface area contributed by atoms with Gasteiger partial charge in [-0.15, -0.1) is 6.58 Å². The van der Waals surface area contributed by atoms with Crippen LogP contribution in [0, 0.1) is 0 Å². The third-order valence-corrected chi connectivity index (χ3v) is 11.4. The quantitative estimate of drug-likeness (QED) is 0.102. The maximum atomic E-state index is 14.0. The van der Waals surface area contributed by atoms with Crippen LogP contribution in [0.2, 0.25) is 0 Å². The molecule has 0 aromatic heterocycles. The number of carbonyl (C=O) groups is 2. The fourth-order valence-corrected chi connectivity index (χ4v) is 8.20. The second-order valence-electron chi connectivity index (χ2n) is 14.7. The lowest BCUT2D eigenvalue weighted by molar-refractivity contribution is 0.0777. The molecule has 4 heterocycles. The van der Waals surface area contributed by atoms with Gasteiger partial charge in [-0.1, -0.05) is 30.3 Å². The molecule has 4 unspecified atom stereocenters. The fourth-order valence-electron chi connectivity index (χ4n) is 8.20. The molecule has 4 aromatic rings. The standard InChI is InChI=1S/C46H48N4O8/c1-7-36-40-20-31(29-11-15-33(54-4)16-12-29)26-50(40)46(52)35-22-42(56-6)44(24-38(35)48-36)58-18-8-17-57-43-23-37-34(21-41(43)55-5)45(51)49-25-30(19-39(49)27(2)47-37)28-9-13-32(53-3)14-10-28/h7,9-16,21-27,36,39-40,47-48H,1,8,17-20H2,2-6H3. The molecule has 0 bridgehead atoms. The lowest BCUT2D eigenvalue weighted by Gasteiger charge is -2.26. The van der Waals surface area contributed by atoms with Gasteiger partial charge in [-0.3, -0.25) is 9.59 Å². The van der Waals surface area contributed by atoms with Crippen LogP contribution in [0.4, 0.5) is 11.4 Å². The van der Waals surface area contributed by atoms with E-state index in [4.69, 9.17) is 28.4 Å². The van der Waals surface area contributed by atoms with Gasteiger partial charge in [0.1, 0.15) is 11.5 Å². The van der Waals surface area contributed by atoms with E-state index in [9.17, 15) is 9.59 Å². The van der Waals surface area contributed by atoms with Gasteiger partial charge in [0.15, 0.2) is 23.0 Å². The number of hydrogen-bond acceptors (Lipinski definition) is 10. The molecule has 0 saturated carbocycles. The number of carbonyl (C=O) groups excluding carboxylic acids is 2. The summed E-state index contributed by atoms with van der Waals surface area (Å²) in [6.07, 6.45) is 7.67. The molecule has 0 radical (unpaired) electrons. The number of nitrogens with zero attached hydrogens (tertiary/aromatic N) is 2. The van der Waals surface area contributed by atoms with Crippen LogP contribution in [0.25, 0.3) is 11.1 Å². The predicted octanol–water partition coefficient (Wildman–Crippen LogP) is 7.87. The van der Waals surface area contributed by atoms with Crippen molar-refractivity contribution in [2.75, 3.05) is 52.3 Å². The summed E-state index contributed by atoms with van der Waals surface area (Å²) in [5.74, 6) is 3.28.